The summed E-state index contributed by atoms with van der Waals surface area (Å²) in [4.78, 5) is 33.8. The van der Waals surface area contributed by atoms with Crippen molar-refractivity contribution in [3.05, 3.63) is 56.6 Å². The summed E-state index contributed by atoms with van der Waals surface area (Å²) >= 11 is 1.45. The Hall–Kier alpha value is -3.00. The average molecular weight is 368 g/mol. The van der Waals surface area contributed by atoms with E-state index in [2.05, 4.69) is 20.2 Å². The number of thiophene rings is 1. The fourth-order valence-electron chi connectivity index (χ4n) is 2.86. The molecule has 0 fully saturated rings. The van der Waals surface area contributed by atoms with E-state index in [0.717, 1.165) is 16.0 Å². The number of hydrogen-bond donors (Lipinski definition) is 2. The molecule has 0 unspecified atom stereocenters. The van der Waals surface area contributed by atoms with Crippen LogP contribution in [-0.2, 0) is 4.74 Å². The zero-order chi connectivity index (χ0) is 18.4. The van der Waals surface area contributed by atoms with Gasteiger partial charge in [-0.25, -0.2) is 9.78 Å². The van der Waals surface area contributed by atoms with E-state index in [4.69, 9.17) is 4.74 Å². The lowest BCUT2D eigenvalue weighted by molar-refractivity contribution is 0.0315. The van der Waals surface area contributed by atoms with Crippen molar-refractivity contribution in [3.8, 4) is 0 Å². The summed E-state index contributed by atoms with van der Waals surface area (Å²) in [5.41, 5.74) is 1.67. The van der Waals surface area contributed by atoms with Gasteiger partial charge in [0.25, 0.3) is 5.56 Å². The number of aromatic nitrogens is 4. The van der Waals surface area contributed by atoms with Crippen LogP contribution in [0.5, 0.6) is 0 Å². The van der Waals surface area contributed by atoms with E-state index in [9.17, 15) is 9.59 Å². The lowest BCUT2D eigenvalue weighted by Gasteiger charge is -2.11. The molecule has 3 aromatic heterocycles. The lowest BCUT2D eigenvalue weighted by atomic mass is 10.2. The van der Waals surface area contributed by atoms with Crippen molar-refractivity contribution in [1.82, 2.24) is 20.2 Å². The van der Waals surface area contributed by atoms with E-state index in [1.165, 1.54) is 11.3 Å². The zero-order valence-corrected chi connectivity index (χ0v) is 15.2. The topological polar surface area (TPSA) is 101 Å². The summed E-state index contributed by atoms with van der Waals surface area (Å²) in [5.74, 6) is -0.256. The van der Waals surface area contributed by atoms with Crippen LogP contribution >= 0.6 is 11.3 Å². The van der Waals surface area contributed by atoms with Gasteiger partial charge in [0.2, 0.25) is 0 Å². The molecular formula is C18H16N4O3S. The number of esters is 1. The molecule has 26 heavy (non-hydrogen) atoms. The van der Waals surface area contributed by atoms with Crippen molar-refractivity contribution in [2.24, 2.45) is 0 Å². The Morgan fingerprint density at radius 1 is 1.27 bits per heavy atom. The Balaban J connectivity index is 1.66. The summed E-state index contributed by atoms with van der Waals surface area (Å²) in [6.45, 7) is 5.52. The number of aryl methyl sites for hydroxylation is 2. The van der Waals surface area contributed by atoms with Crippen molar-refractivity contribution in [2.45, 2.75) is 26.9 Å². The number of carbonyl (C=O) groups excluding carboxylic acids is 1. The molecule has 1 atom stereocenters. The summed E-state index contributed by atoms with van der Waals surface area (Å²) in [6, 6.07) is 7.31. The number of aromatic amines is 2. The third-order valence-electron chi connectivity index (χ3n) is 4.39. The van der Waals surface area contributed by atoms with E-state index < -0.39 is 12.1 Å². The van der Waals surface area contributed by atoms with Crippen LogP contribution in [0.3, 0.4) is 0 Å². The number of nitrogens with zero attached hydrogens (tertiary/aromatic N) is 2. The Morgan fingerprint density at radius 3 is 2.85 bits per heavy atom. The number of carbonyl (C=O) groups is 1. The average Bonchev–Trinajstić information content (AvgIpc) is 3.16. The molecule has 1 aromatic carbocycles. The highest BCUT2D eigenvalue weighted by Gasteiger charge is 2.21. The zero-order valence-electron chi connectivity index (χ0n) is 14.4. The molecule has 0 bridgehead atoms. The van der Waals surface area contributed by atoms with E-state index in [-0.39, 0.29) is 11.3 Å². The van der Waals surface area contributed by atoms with Gasteiger partial charge in [-0.1, -0.05) is 18.2 Å². The van der Waals surface area contributed by atoms with Gasteiger partial charge in [0.05, 0.1) is 10.9 Å². The number of rotatable bonds is 3. The van der Waals surface area contributed by atoms with Gasteiger partial charge in [-0.05, 0) is 32.4 Å². The third kappa shape index (κ3) is 2.59. The predicted octanol–water partition coefficient (Wildman–Crippen LogP) is 3.40. The van der Waals surface area contributed by atoms with Gasteiger partial charge in [0.1, 0.15) is 4.83 Å². The van der Waals surface area contributed by atoms with Crippen LogP contribution in [0.25, 0.3) is 21.1 Å². The van der Waals surface area contributed by atoms with E-state index >= 15 is 0 Å². The van der Waals surface area contributed by atoms with Crippen LogP contribution in [0.1, 0.15) is 39.8 Å². The predicted molar refractivity (Wildman–Crippen MR) is 99.6 cm³/mol. The fraction of sp³-hybridized carbons (Fsp3) is 0.222. The van der Waals surface area contributed by atoms with Crippen molar-refractivity contribution >= 4 is 38.4 Å². The highest BCUT2D eigenvalue weighted by Crippen LogP contribution is 2.27. The molecule has 132 valence electrons. The molecule has 0 spiro atoms. The first-order valence-electron chi connectivity index (χ1n) is 8.09. The lowest BCUT2D eigenvalue weighted by Crippen LogP contribution is -2.17. The molecule has 4 aromatic rings. The van der Waals surface area contributed by atoms with Crippen molar-refractivity contribution in [2.75, 3.05) is 0 Å². The Labute approximate surface area is 152 Å². The maximum absolute atomic E-state index is 12.5. The minimum atomic E-state index is -0.710. The van der Waals surface area contributed by atoms with Gasteiger partial charge in [0.15, 0.2) is 17.6 Å². The first-order chi connectivity index (χ1) is 12.5. The maximum atomic E-state index is 12.5. The minimum Gasteiger partial charge on any atom is -0.450 e. The number of benzene rings is 1. The summed E-state index contributed by atoms with van der Waals surface area (Å²) < 4.78 is 5.48. The Kier molecular flexibility index (Phi) is 3.84. The first kappa shape index (κ1) is 16.5. The van der Waals surface area contributed by atoms with Crippen LogP contribution in [0.15, 0.2) is 29.1 Å². The molecule has 0 aliphatic carbocycles. The van der Waals surface area contributed by atoms with E-state index in [0.29, 0.717) is 21.4 Å². The molecule has 0 aliphatic heterocycles. The second-order valence-electron chi connectivity index (χ2n) is 6.08. The summed E-state index contributed by atoms with van der Waals surface area (Å²) in [7, 11) is 0. The van der Waals surface area contributed by atoms with Crippen molar-refractivity contribution in [3.63, 3.8) is 0 Å². The number of para-hydroxylation sites is 1. The SMILES string of the molecule is Cc1sc2nc([C@@H](C)OC(=O)c3n[nH]c4ccccc34)[nH]c(=O)c2c1C. The monoisotopic (exact) mass is 368 g/mol. The Morgan fingerprint density at radius 2 is 2.04 bits per heavy atom. The van der Waals surface area contributed by atoms with E-state index in [1.807, 2.05) is 32.0 Å². The highest BCUT2D eigenvalue weighted by atomic mass is 32.1. The first-order valence-corrected chi connectivity index (χ1v) is 8.91. The Bertz CT molecular complexity index is 1200. The van der Waals surface area contributed by atoms with Gasteiger partial charge in [-0.2, -0.15) is 5.10 Å². The number of H-pyrrole nitrogens is 2. The molecule has 0 amide bonds. The fourth-order valence-corrected chi connectivity index (χ4v) is 3.89. The van der Waals surface area contributed by atoms with Crippen LogP contribution < -0.4 is 5.56 Å². The maximum Gasteiger partial charge on any atom is 0.360 e. The minimum absolute atomic E-state index is 0.207. The van der Waals surface area contributed by atoms with Gasteiger partial charge >= 0.3 is 5.97 Å². The number of ether oxygens (including phenoxy) is 1. The largest absolute Gasteiger partial charge is 0.450 e. The van der Waals surface area contributed by atoms with Gasteiger partial charge in [-0.15, -0.1) is 11.3 Å². The number of fused-ring (bicyclic) bond motifs is 2. The molecule has 0 saturated carbocycles. The molecule has 4 rings (SSSR count). The van der Waals surface area contributed by atoms with Gasteiger partial charge in [-0.3, -0.25) is 9.89 Å². The van der Waals surface area contributed by atoms with Gasteiger partial charge in [0, 0.05) is 10.3 Å². The normalized spacial score (nSPS) is 12.6. The smallest absolute Gasteiger partial charge is 0.360 e. The standard InChI is InChI=1S/C18H16N4O3S/c1-8-10(3)26-17-13(8)16(23)19-15(20-17)9(2)25-18(24)14-11-6-4-5-7-12(11)21-22-14/h4-7,9H,1-3H3,(H,21,22)(H,19,20,23)/t9-/m1/s1. The molecular weight excluding hydrogens is 352 g/mol. The highest BCUT2D eigenvalue weighted by molar-refractivity contribution is 7.18. The van der Waals surface area contributed by atoms with Crippen LogP contribution in [-0.4, -0.2) is 26.1 Å². The quantitative estimate of drug-likeness (QED) is 0.540. The summed E-state index contributed by atoms with van der Waals surface area (Å²) in [6.07, 6.45) is -0.710. The molecule has 8 heteroatoms. The van der Waals surface area contributed by atoms with Crippen molar-refractivity contribution < 1.29 is 9.53 Å². The molecule has 0 saturated heterocycles. The van der Waals surface area contributed by atoms with Crippen LogP contribution in [0, 0.1) is 13.8 Å². The summed E-state index contributed by atoms with van der Waals surface area (Å²) in [5, 5.41) is 8.11. The van der Waals surface area contributed by atoms with Crippen LogP contribution in [0.4, 0.5) is 0 Å². The number of nitrogens with one attached hydrogen (secondary N) is 2. The molecule has 0 radical (unpaired) electrons. The molecule has 0 aliphatic rings. The number of hydrogen-bond acceptors (Lipinski definition) is 6. The molecule has 2 N–H and O–H groups in total. The van der Waals surface area contributed by atoms with Gasteiger partial charge < -0.3 is 9.72 Å². The second-order valence-corrected chi connectivity index (χ2v) is 7.28. The van der Waals surface area contributed by atoms with E-state index in [1.54, 1.807) is 13.0 Å². The molecule has 3 heterocycles. The van der Waals surface area contributed by atoms with Crippen LogP contribution in [0.2, 0.25) is 0 Å². The third-order valence-corrected chi connectivity index (χ3v) is 5.49. The van der Waals surface area contributed by atoms with Crippen molar-refractivity contribution in [1.29, 1.82) is 0 Å². The second kappa shape index (κ2) is 6.06. The molecule has 7 nitrogen and oxygen atoms in total.